The lowest BCUT2D eigenvalue weighted by molar-refractivity contribution is 0.669. The Morgan fingerprint density at radius 1 is 0.217 bits per heavy atom. The van der Waals surface area contributed by atoms with Crippen LogP contribution in [0.1, 0.15) is 0 Å². The summed E-state index contributed by atoms with van der Waals surface area (Å²) in [6.07, 6.45) is 1.90. The van der Waals surface area contributed by atoms with E-state index < -0.39 is 0 Å². The van der Waals surface area contributed by atoms with Gasteiger partial charge in [-0.3, -0.25) is 4.98 Å². The number of aromatic nitrogens is 5. The Bertz CT molecular complexity index is 5680. The molecule has 0 aliphatic rings. The maximum Gasteiger partial charge on any atom is 0.135 e. The molecule has 18 rings (SSSR count). The van der Waals surface area contributed by atoms with Crippen molar-refractivity contribution in [3.63, 3.8) is 0 Å². The first-order valence-corrected chi connectivity index (χ1v) is 28.3. The van der Waals surface area contributed by atoms with Crippen molar-refractivity contribution >= 4 is 109 Å². The van der Waals surface area contributed by atoms with E-state index in [-0.39, 0.29) is 0 Å². The number of fused-ring (bicyclic) bond motifs is 15. The van der Waals surface area contributed by atoms with Crippen molar-refractivity contribution < 1.29 is 4.42 Å². The van der Waals surface area contributed by atoms with E-state index in [9.17, 15) is 0 Å². The van der Waals surface area contributed by atoms with E-state index in [1.54, 1.807) is 0 Å². The lowest BCUT2D eigenvalue weighted by atomic mass is 10.0. The molecule has 6 aromatic heterocycles. The van der Waals surface area contributed by atoms with Gasteiger partial charge in [0.1, 0.15) is 11.2 Å². The summed E-state index contributed by atoms with van der Waals surface area (Å²) >= 11 is 0. The summed E-state index contributed by atoms with van der Waals surface area (Å²) in [4.78, 5) is 4.99. The smallest absolute Gasteiger partial charge is 0.135 e. The fourth-order valence-corrected chi connectivity index (χ4v) is 13.6. The van der Waals surface area contributed by atoms with E-state index in [2.05, 4.69) is 291 Å². The number of nitrogens with zero attached hydrogens (tertiary/aromatic N) is 5. The van der Waals surface area contributed by atoms with Crippen LogP contribution in [0.5, 0.6) is 0 Å². The van der Waals surface area contributed by atoms with Gasteiger partial charge < -0.3 is 22.7 Å². The summed E-state index contributed by atoms with van der Waals surface area (Å²) in [5.74, 6) is 0. The molecule has 0 radical (unpaired) electrons. The predicted octanol–water partition coefficient (Wildman–Crippen LogP) is 20.4. The Morgan fingerprint density at radius 3 is 1.08 bits per heavy atom. The second kappa shape index (κ2) is 17.6. The van der Waals surface area contributed by atoms with Crippen molar-refractivity contribution in [2.75, 3.05) is 0 Å². The van der Waals surface area contributed by atoms with Crippen LogP contribution in [0.25, 0.3) is 165 Å². The third-order valence-electron chi connectivity index (χ3n) is 17.4. The number of pyridine rings is 1. The zero-order valence-electron chi connectivity index (χ0n) is 44.8. The number of hydrogen-bond donors (Lipinski definition) is 0. The van der Waals surface area contributed by atoms with Crippen LogP contribution < -0.4 is 0 Å². The van der Waals surface area contributed by atoms with Gasteiger partial charge in [0.25, 0.3) is 0 Å². The largest absolute Gasteiger partial charge is 0.456 e. The summed E-state index contributed by atoms with van der Waals surface area (Å²) in [5, 5.41) is 10.7. The molecule has 0 saturated heterocycles. The predicted molar refractivity (Wildman–Crippen MR) is 345 cm³/mol. The highest BCUT2D eigenvalue weighted by atomic mass is 16.3. The molecule has 6 heteroatoms. The van der Waals surface area contributed by atoms with Crippen LogP contribution in [0.4, 0.5) is 0 Å². The summed E-state index contributed by atoms with van der Waals surface area (Å²) in [5.41, 5.74) is 23.5. The molecular formula is C77H47N5O. The second-order valence-corrected chi connectivity index (χ2v) is 21.9. The van der Waals surface area contributed by atoms with Gasteiger partial charge in [0.15, 0.2) is 0 Å². The molecule has 0 N–H and O–H groups in total. The Balaban J connectivity index is 0.690. The monoisotopic (exact) mass is 1060 g/mol. The minimum absolute atomic E-state index is 0.864. The average Bonchev–Trinajstić information content (AvgIpc) is 4.52. The van der Waals surface area contributed by atoms with Gasteiger partial charge in [-0.15, -0.1) is 0 Å². The van der Waals surface area contributed by atoms with Gasteiger partial charge in [0, 0.05) is 77.4 Å². The third kappa shape index (κ3) is 6.87. The molecule has 0 aliphatic carbocycles. The Kier molecular flexibility index (Phi) is 9.70. The molecule has 0 saturated carbocycles. The quantitative estimate of drug-likeness (QED) is 0.160. The first-order valence-electron chi connectivity index (χ1n) is 28.3. The lowest BCUT2D eigenvalue weighted by Gasteiger charge is -2.10. The minimum atomic E-state index is 0.864. The van der Waals surface area contributed by atoms with Crippen LogP contribution >= 0.6 is 0 Å². The topological polar surface area (TPSA) is 45.8 Å². The maximum absolute atomic E-state index is 6.56. The Hall–Kier alpha value is -11.2. The highest BCUT2D eigenvalue weighted by molar-refractivity contribution is 6.15. The van der Waals surface area contributed by atoms with Crippen molar-refractivity contribution in [3.05, 3.63) is 285 Å². The first-order chi connectivity index (χ1) is 41.1. The molecule has 0 bridgehead atoms. The zero-order valence-corrected chi connectivity index (χ0v) is 44.8. The van der Waals surface area contributed by atoms with E-state index in [0.717, 1.165) is 94.3 Å². The van der Waals surface area contributed by atoms with Crippen LogP contribution in [0.15, 0.2) is 290 Å². The van der Waals surface area contributed by atoms with Crippen molar-refractivity contribution in [2.45, 2.75) is 0 Å². The van der Waals surface area contributed by atoms with Gasteiger partial charge in [-0.1, -0.05) is 133 Å². The van der Waals surface area contributed by atoms with E-state index in [4.69, 9.17) is 9.40 Å². The molecule has 0 spiro atoms. The molecule has 12 aromatic carbocycles. The molecule has 83 heavy (non-hydrogen) atoms. The minimum Gasteiger partial charge on any atom is -0.456 e. The molecule has 0 fully saturated rings. The average molecular weight is 1060 g/mol. The molecule has 18 aromatic rings. The number of para-hydroxylation sites is 5. The summed E-state index contributed by atoms with van der Waals surface area (Å²) in [7, 11) is 0. The van der Waals surface area contributed by atoms with Crippen molar-refractivity contribution in [1.82, 2.24) is 23.3 Å². The number of hydrogen-bond acceptors (Lipinski definition) is 2. The van der Waals surface area contributed by atoms with Crippen LogP contribution in [-0.4, -0.2) is 23.3 Å². The summed E-state index contributed by atoms with van der Waals surface area (Å²) in [6.45, 7) is 0. The van der Waals surface area contributed by atoms with E-state index in [1.165, 1.54) is 71.1 Å². The van der Waals surface area contributed by atoms with Gasteiger partial charge in [-0.05, 0) is 179 Å². The second-order valence-electron chi connectivity index (χ2n) is 21.9. The van der Waals surface area contributed by atoms with Crippen LogP contribution in [0.3, 0.4) is 0 Å². The normalized spacial score (nSPS) is 12.1. The van der Waals surface area contributed by atoms with Crippen molar-refractivity contribution in [1.29, 1.82) is 0 Å². The standard InChI is InChI=1S/C77H47N5O/c1-3-14-54(15-4-1)79-67-21-10-7-18-58(67)61-42-50(27-35-70(61)79)51-29-37-72-63(43-51)60-20-9-12-23-69(60)82(72)57-34-40-76-65(47-57)64-45-49(31-39-75(64)83-76)48-25-32-56(33-26-48)81-73-38-30-53(46-66(73)77-74(81)24-13-41-78-77)52-28-36-71-62(44-52)59-19-8-11-22-68(59)80(71)55-16-5-2-6-17-55/h1-47H. The summed E-state index contributed by atoms with van der Waals surface area (Å²) < 4.78 is 16.0. The molecule has 0 amide bonds. The fourth-order valence-electron chi connectivity index (χ4n) is 13.6. The van der Waals surface area contributed by atoms with E-state index in [1.807, 2.05) is 12.3 Å². The Labute approximate surface area is 475 Å². The van der Waals surface area contributed by atoms with Crippen molar-refractivity contribution in [2.24, 2.45) is 0 Å². The van der Waals surface area contributed by atoms with Crippen LogP contribution in [0.2, 0.25) is 0 Å². The molecular weight excluding hydrogens is 1010 g/mol. The summed E-state index contributed by atoms with van der Waals surface area (Å²) in [6, 6.07) is 101. The van der Waals surface area contributed by atoms with Crippen LogP contribution in [0, 0.1) is 0 Å². The Morgan fingerprint density at radius 2 is 0.554 bits per heavy atom. The highest BCUT2D eigenvalue weighted by Crippen LogP contribution is 2.42. The lowest BCUT2D eigenvalue weighted by Crippen LogP contribution is -1.94. The van der Waals surface area contributed by atoms with Gasteiger partial charge in [0.05, 0.1) is 49.7 Å². The highest BCUT2D eigenvalue weighted by Gasteiger charge is 2.20. The van der Waals surface area contributed by atoms with Crippen molar-refractivity contribution in [3.8, 4) is 56.1 Å². The van der Waals surface area contributed by atoms with E-state index in [0.29, 0.717) is 0 Å². The fraction of sp³-hybridized carbons (Fsp3) is 0. The molecule has 0 unspecified atom stereocenters. The molecule has 0 atom stereocenters. The van der Waals surface area contributed by atoms with Gasteiger partial charge in [-0.25, -0.2) is 0 Å². The number of rotatable bonds is 7. The van der Waals surface area contributed by atoms with Gasteiger partial charge >= 0.3 is 0 Å². The number of furan rings is 1. The molecule has 6 nitrogen and oxygen atoms in total. The van der Waals surface area contributed by atoms with Crippen LogP contribution in [-0.2, 0) is 0 Å². The number of benzene rings is 12. The third-order valence-corrected chi connectivity index (χ3v) is 17.4. The molecule has 6 heterocycles. The van der Waals surface area contributed by atoms with Gasteiger partial charge in [-0.2, -0.15) is 0 Å². The zero-order chi connectivity index (χ0) is 54.3. The SMILES string of the molecule is c1ccc(-n2c3ccccc3c3cc(-c4ccc5c(c4)c4ccccc4n5-c4ccc5oc6ccc(-c7ccc(-n8c9ccc(-c%10ccc%11c(c%10)c%10ccccc%10n%11-c%10ccccc%10)cc9c9ncccc98)cc7)cc6c5c4)ccc32)cc1. The molecule has 386 valence electrons. The first kappa shape index (κ1) is 45.6. The van der Waals surface area contributed by atoms with E-state index >= 15 is 0 Å². The maximum atomic E-state index is 6.56. The molecule has 0 aliphatic heterocycles. The van der Waals surface area contributed by atoms with Gasteiger partial charge in [0.2, 0.25) is 0 Å².